The first kappa shape index (κ1) is 24.8. The summed E-state index contributed by atoms with van der Waals surface area (Å²) in [4.78, 5) is 38.1. The minimum absolute atomic E-state index is 0.00274. The summed E-state index contributed by atoms with van der Waals surface area (Å²) in [5, 5.41) is 19.6. The molecular weight excluding hydrogens is 486 g/mol. The predicted molar refractivity (Wildman–Crippen MR) is 138 cm³/mol. The van der Waals surface area contributed by atoms with Crippen molar-refractivity contribution < 1.29 is 23.7 Å². The number of rotatable bonds is 6. The normalized spacial score (nSPS) is 13.1. The molecule has 11 nitrogen and oxygen atoms in total. The van der Waals surface area contributed by atoms with Crippen molar-refractivity contribution in [1.29, 1.82) is 0 Å². The quantitative estimate of drug-likeness (QED) is 0.258. The van der Waals surface area contributed by atoms with E-state index < -0.39 is 16.7 Å². The molecule has 1 saturated heterocycles. The predicted octanol–water partition coefficient (Wildman–Crippen LogP) is 3.71. The van der Waals surface area contributed by atoms with E-state index in [1.807, 2.05) is 11.8 Å². The van der Waals surface area contributed by atoms with E-state index in [9.17, 15) is 19.7 Å². The minimum Gasteiger partial charge on any atom is -0.459 e. The zero-order chi connectivity index (χ0) is 25.7. The van der Waals surface area contributed by atoms with E-state index in [1.165, 1.54) is 18.4 Å². The van der Waals surface area contributed by atoms with Crippen LogP contribution in [0.25, 0.3) is 0 Å². The summed E-state index contributed by atoms with van der Waals surface area (Å²) in [6.45, 7) is 3.92. The molecule has 3 N–H and O–H groups in total. The highest BCUT2D eigenvalue weighted by Gasteiger charge is 2.23. The van der Waals surface area contributed by atoms with Gasteiger partial charge in [-0.05, 0) is 55.0 Å². The molecule has 2 heterocycles. The first-order valence-electron chi connectivity index (χ1n) is 11.0. The second-order valence-corrected chi connectivity index (χ2v) is 8.34. The number of hydrogen-bond donors (Lipinski definition) is 3. The third kappa shape index (κ3) is 5.85. The topological polar surface area (TPSA) is 139 Å². The molecule has 2 aromatic carbocycles. The Balaban J connectivity index is 1.49. The molecule has 186 valence electrons. The number of ether oxygens (including phenoxy) is 1. The van der Waals surface area contributed by atoms with Gasteiger partial charge in [-0.2, -0.15) is 0 Å². The number of nitro benzene ring substituents is 1. The lowest BCUT2D eigenvalue weighted by atomic mass is 10.1. The van der Waals surface area contributed by atoms with Gasteiger partial charge in [-0.3, -0.25) is 25.0 Å². The van der Waals surface area contributed by atoms with Gasteiger partial charge in [0.15, 0.2) is 10.9 Å². The van der Waals surface area contributed by atoms with Gasteiger partial charge < -0.3 is 24.7 Å². The summed E-state index contributed by atoms with van der Waals surface area (Å²) in [5.41, 5.74) is 2.35. The number of morpholine rings is 1. The zero-order valence-corrected chi connectivity index (χ0v) is 20.1. The lowest BCUT2D eigenvalue weighted by Gasteiger charge is -2.30. The largest absolute Gasteiger partial charge is 0.459 e. The third-order valence-corrected chi connectivity index (χ3v) is 5.71. The fourth-order valence-corrected chi connectivity index (χ4v) is 3.86. The maximum absolute atomic E-state index is 13.1. The molecule has 1 aliphatic rings. The van der Waals surface area contributed by atoms with Crippen LogP contribution in [0.1, 0.15) is 26.5 Å². The number of furan rings is 1. The SMILES string of the molecule is Cc1ccc(NC(=O)c2ccco2)cc1NC(=S)NC(=O)c1cc([N+](=O)[O-])ccc1N1CCOCC1. The van der Waals surface area contributed by atoms with E-state index in [-0.39, 0.29) is 22.1 Å². The Morgan fingerprint density at radius 3 is 2.53 bits per heavy atom. The lowest BCUT2D eigenvalue weighted by Crippen LogP contribution is -2.39. The van der Waals surface area contributed by atoms with Crippen molar-refractivity contribution in [2.45, 2.75) is 6.92 Å². The fourth-order valence-electron chi connectivity index (χ4n) is 3.66. The zero-order valence-electron chi connectivity index (χ0n) is 19.3. The standard InChI is InChI=1S/C24H23N5O6S/c1-15-4-5-16(25-23(31)21-3-2-10-35-21)13-19(15)26-24(36)27-22(30)18-14-17(29(32)33)6-7-20(18)28-8-11-34-12-9-28/h2-7,10,13-14H,8-9,11-12H2,1H3,(H,25,31)(H2,26,27,30,36). The van der Waals surface area contributed by atoms with Crippen LogP contribution in [0.15, 0.2) is 59.2 Å². The summed E-state index contributed by atoms with van der Waals surface area (Å²) in [6, 6.07) is 12.5. The lowest BCUT2D eigenvalue weighted by molar-refractivity contribution is -0.384. The van der Waals surface area contributed by atoms with Gasteiger partial charge in [0.05, 0.1) is 35.7 Å². The molecule has 0 saturated carbocycles. The molecule has 2 amide bonds. The van der Waals surface area contributed by atoms with Crippen LogP contribution in [-0.2, 0) is 4.74 Å². The van der Waals surface area contributed by atoms with Crippen LogP contribution < -0.4 is 20.9 Å². The molecule has 3 aromatic rings. The Labute approximate surface area is 211 Å². The van der Waals surface area contributed by atoms with Crippen molar-refractivity contribution in [2.24, 2.45) is 0 Å². The number of benzene rings is 2. The van der Waals surface area contributed by atoms with Gasteiger partial charge in [0.25, 0.3) is 17.5 Å². The summed E-state index contributed by atoms with van der Waals surface area (Å²) in [6.07, 6.45) is 1.41. The Bertz CT molecular complexity index is 1300. The van der Waals surface area contributed by atoms with Crippen LogP contribution >= 0.6 is 12.2 Å². The van der Waals surface area contributed by atoms with Crippen molar-refractivity contribution in [3.8, 4) is 0 Å². The first-order valence-corrected chi connectivity index (χ1v) is 11.4. The number of nitrogens with one attached hydrogen (secondary N) is 3. The van der Waals surface area contributed by atoms with Crippen LogP contribution in [0.5, 0.6) is 0 Å². The van der Waals surface area contributed by atoms with Crippen LogP contribution in [-0.4, -0.2) is 48.2 Å². The Morgan fingerprint density at radius 2 is 1.83 bits per heavy atom. The molecule has 1 aromatic heterocycles. The summed E-state index contributed by atoms with van der Waals surface area (Å²) < 4.78 is 10.5. The van der Waals surface area contributed by atoms with Crippen molar-refractivity contribution in [3.63, 3.8) is 0 Å². The van der Waals surface area contributed by atoms with E-state index >= 15 is 0 Å². The van der Waals surface area contributed by atoms with Crippen LogP contribution in [0, 0.1) is 17.0 Å². The van der Waals surface area contributed by atoms with E-state index in [4.69, 9.17) is 21.4 Å². The molecule has 4 rings (SSSR count). The Morgan fingerprint density at radius 1 is 1.06 bits per heavy atom. The summed E-state index contributed by atoms with van der Waals surface area (Å²) >= 11 is 5.34. The Hall–Kier alpha value is -4.29. The van der Waals surface area contributed by atoms with Gasteiger partial charge in [0, 0.05) is 36.6 Å². The molecule has 12 heteroatoms. The number of carbonyl (C=O) groups excluding carboxylic acids is 2. The number of aryl methyl sites for hydroxylation is 1. The number of anilines is 3. The number of nitrogens with zero attached hydrogens (tertiary/aromatic N) is 2. The fraction of sp³-hybridized carbons (Fsp3) is 0.208. The van der Waals surface area contributed by atoms with Gasteiger partial charge in [-0.15, -0.1) is 0 Å². The van der Waals surface area contributed by atoms with Crippen molar-refractivity contribution in [3.05, 3.63) is 81.8 Å². The maximum Gasteiger partial charge on any atom is 0.291 e. The molecule has 0 spiro atoms. The van der Waals surface area contributed by atoms with E-state index in [0.29, 0.717) is 43.4 Å². The molecule has 0 unspecified atom stereocenters. The molecular formula is C24H23N5O6S. The van der Waals surface area contributed by atoms with Gasteiger partial charge in [-0.25, -0.2) is 0 Å². The van der Waals surface area contributed by atoms with Gasteiger partial charge in [0.1, 0.15) is 0 Å². The highest BCUT2D eigenvalue weighted by Crippen LogP contribution is 2.27. The number of nitro groups is 1. The van der Waals surface area contributed by atoms with Crippen molar-refractivity contribution in [2.75, 3.05) is 41.8 Å². The van der Waals surface area contributed by atoms with Gasteiger partial charge >= 0.3 is 0 Å². The molecule has 0 radical (unpaired) electrons. The average Bonchev–Trinajstić information content (AvgIpc) is 3.41. The first-order chi connectivity index (χ1) is 17.3. The summed E-state index contributed by atoms with van der Waals surface area (Å²) in [5.74, 6) is -0.828. The van der Waals surface area contributed by atoms with E-state index in [0.717, 1.165) is 5.56 Å². The minimum atomic E-state index is -0.586. The number of hydrogen-bond acceptors (Lipinski definition) is 8. The molecule has 0 atom stereocenters. The molecule has 0 aliphatic carbocycles. The van der Waals surface area contributed by atoms with Crippen LogP contribution in [0.4, 0.5) is 22.7 Å². The second-order valence-electron chi connectivity index (χ2n) is 7.93. The monoisotopic (exact) mass is 509 g/mol. The van der Waals surface area contributed by atoms with Crippen molar-refractivity contribution in [1.82, 2.24) is 5.32 Å². The summed E-state index contributed by atoms with van der Waals surface area (Å²) in [7, 11) is 0. The molecule has 1 fully saturated rings. The van der Waals surface area contributed by atoms with Crippen molar-refractivity contribution >= 4 is 51.9 Å². The number of non-ortho nitro benzene ring substituents is 1. The smallest absolute Gasteiger partial charge is 0.291 e. The van der Waals surface area contributed by atoms with Crippen LogP contribution in [0.3, 0.4) is 0 Å². The molecule has 36 heavy (non-hydrogen) atoms. The average molecular weight is 510 g/mol. The Kier molecular flexibility index (Phi) is 7.56. The maximum atomic E-state index is 13.1. The number of amides is 2. The van der Waals surface area contributed by atoms with E-state index in [2.05, 4.69) is 16.0 Å². The van der Waals surface area contributed by atoms with Crippen LogP contribution in [0.2, 0.25) is 0 Å². The highest BCUT2D eigenvalue weighted by atomic mass is 32.1. The van der Waals surface area contributed by atoms with Gasteiger partial charge in [0.2, 0.25) is 0 Å². The van der Waals surface area contributed by atoms with Gasteiger partial charge in [-0.1, -0.05) is 6.07 Å². The number of carbonyl (C=O) groups is 2. The molecule has 0 bridgehead atoms. The third-order valence-electron chi connectivity index (χ3n) is 5.50. The second kappa shape index (κ2) is 11.0. The van der Waals surface area contributed by atoms with E-state index in [1.54, 1.807) is 36.4 Å². The number of thiocarbonyl (C=S) groups is 1. The highest BCUT2D eigenvalue weighted by molar-refractivity contribution is 7.80. The molecule has 1 aliphatic heterocycles.